The van der Waals surface area contributed by atoms with Gasteiger partial charge in [0.15, 0.2) is 0 Å². The minimum absolute atomic E-state index is 0.203. The molecule has 0 spiro atoms. The summed E-state index contributed by atoms with van der Waals surface area (Å²) in [6.45, 7) is 7.54. The molecule has 1 aromatic heterocycles. The molecule has 0 radical (unpaired) electrons. The molecule has 0 aromatic carbocycles. The van der Waals surface area contributed by atoms with Crippen LogP contribution in [0.3, 0.4) is 0 Å². The van der Waals surface area contributed by atoms with Gasteiger partial charge in [-0.05, 0) is 38.8 Å². The van der Waals surface area contributed by atoms with Gasteiger partial charge in [0.05, 0.1) is 12.2 Å². The Labute approximate surface area is 138 Å². The monoisotopic (exact) mass is 317 g/mol. The van der Waals surface area contributed by atoms with E-state index in [1.165, 1.54) is 32.4 Å². The first-order valence-electron chi connectivity index (χ1n) is 9.11. The zero-order chi connectivity index (χ0) is 15.6. The first-order valence-corrected chi connectivity index (χ1v) is 9.11. The Kier molecular flexibility index (Phi) is 4.25. The number of amides is 2. The number of hydrogen-bond acceptors (Lipinski definition) is 3. The highest BCUT2D eigenvalue weighted by molar-refractivity contribution is 5.74. The highest BCUT2D eigenvalue weighted by Gasteiger charge is 2.28. The molecule has 4 rings (SSSR count). The largest absolute Gasteiger partial charge is 0.331 e. The Balaban J connectivity index is 1.40. The van der Waals surface area contributed by atoms with E-state index in [-0.39, 0.29) is 6.03 Å². The van der Waals surface area contributed by atoms with Crippen molar-refractivity contribution in [3.8, 4) is 0 Å². The molecule has 2 fully saturated rings. The first kappa shape index (κ1) is 15.0. The number of imidazole rings is 1. The second kappa shape index (κ2) is 6.51. The number of urea groups is 1. The smallest absolute Gasteiger partial charge is 0.320 e. The Morgan fingerprint density at radius 3 is 2.43 bits per heavy atom. The number of hydrogen-bond donors (Lipinski definition) is 0. The minimum atomic E-state index is 0.203. The number of fused-ring (bicyclic) bond motifs is 1. The van der Waals surface area contributed by atoms with Gasteiger partial charge in [-0.15, -0.1) is 0 Å². The van der Waals surface area contributed by atoms with E-state index in [9.17, 15) is 4.79 Å². The molecule has 4 heterocycles. The summed E-state index contributed by atoms with van der Waals surface area (Å²) in [5, 5.41) is 0. The van der Waals surface area contributed by atoms with Gasteiger partial charge in [0.1, 0.15) is 5.82 Å². The van der Waals surface area contributed by atoms with Crippen LogP contribution in [-0.4, -0.2) is 63.0 Å². The molecule has 126 valence electrons. The van der Waals surface area contributed by atoms with Gasteiger partial charge in [-0.25, -0.2) is 9.78 Å². The van der Waals surface area contributed by atoms with Crippen LogP contribution in [0.4, 0.5) is 4.79 Å². The van der Waals surface area contributed by atoms with Crippen LogP contribution in [0.25, 0.3) is 0 Å². The molecule has 2 saturated heterocycles. The maximum atomic E-state index is 12.5. The molecule has 0 unspecified atom stereocenters. The Morgan fingerprint density at radius 2 is 1.65 bits per heavy atom. The van der Waals surface area contributed by atoms with E-state index in [1.807, 2.05) is 9.80 Å². The molecule has 6 nitrogen and oxygen atoms in total. The van der Waals surface area contributed by atoms with Crippen LogP contribution in [-0.2, 0) is 19.6 Å². The van der Waals surface area contributed by atoms with Gasteiger partial charge < -0.3 is 14.4 Å². The van der Waals surface area contributed by atoms with E-state index in [2.05, 4.69) is 15.7 Å². The van der Waals surface area contributed by atoms with Crippen molar-refractivity contribution in [3.05, 3.63) is 17.7 Å². The Bertz CT molecular complexity index is 557. The summed E-state index contributed by atoms with van der Waals surface area (Å²) in [4.78, 5) is 23.8. The van der Waals surface area contributed by atoms with Crippen LogP contribution in [0.1, 0.15) is 43.6 Å². The number of carbonyl (C=O) groups excluding carboxylic acids is 1. The predicted octanol–water partition coefficient (Wildman–Crippen LogP) is 1.90. The molecular weight excluding hydrogens is 290 g/mol. The van der Waals surface area contributed by atoms with Crippen molar-refractivity contribution in [1.82, 2.24) is 24.3 Å². The molecule has 2 amide bonds. The summed E-state index contributed by atoms with van der Waals surface area (Å²) < 4.78 is 2.24. The van der Waals surface area contributed by atoms with Gasteiger partial charge in [-0.3, -0.25) is 4.90 Å². The quantitative estimate of drug-likeness (QED) is 0.837. The van der Waals surface area contributed by atoms with Crippen LogP contribution >= 0.6 is 0 Å². The Morgan fingerprint density at radius 1 is 0.913 bits per heavy atom. The minimum Gasteiger partial charge on any atom is -0.331 e. The third-order valence-corrected chi connectivity index (χ3v) is 5.33. The lowest BCUT2D eigenvalue weighted by Crippen LogP contribution is -2.45. The summed E-state index contributed by atoms with van der Waals surface area (Å²) >= 11 is 0. The average Bonchev–Trinajstić information content (AvgIpc) is 3.23. The summed E-state index contributed by atoms with van der Waals surface area (Å²) in [5.74, 6) is 1.05. The lowest BCUT2D eigenvalue weighted by molar-refractivity contribution is 0.148. The molecule has 0 atom stereocenters. The Hall–Kier alpha value is -1.56. The molecule has 1 aromatic rings. The van der Waals surface area contributed by atoms with Crippen molar-refractivity contribution >= 4 is 6.03 Å². The van der Waals surface area contributed by atoms with Gasteiger partial charge in [0.2, 0.25) is 0 Å². The molecule has 0 N–H and O–H groups in total. The number of likely N-dealkylation sites (tertiary alicyclic amines) is 2. The lowest BCUT2D eigenvalue weighted by atomic mass is 10.1. The van der Waals surface area contributed by atoms with E-state index in [0.29, 0.717) is 6.54 Å². The third-order valence-electron chi connectivity index (χ3n) is 5.33. The second-order valence-corrected chi connectivity index (χ2v) is 7.08. The van der Waals surface area contributed by atoms with Crippen molar-refractivity contribution in [2.75, 3.05) is 32.7 Å². The lowest BCUT2D eigenvalue weighted by Gasteiger charge is -2.31. The van der Waals surface area contributed by atoms with E-state index in [0.717, 1.165) is 57.1 Å². The number of nitrogens with zero attached hydrogens (tertiary/aromatic N) is 5. The zero-order valence-electron chi connectivity index (χ0n) is 13.9. The first-order chi connectivity index (χ1) is 11.3. The summed E-state index contributed by atoms with van der Waals surface area (Å²) in [5.41, 5.74) is 1.16. The topological polar surface area (TPSA) is 44.6 Å². The van der Waals surface area contributed by atoms with E-state index in [1.54, 1.807) is 0 Å². The highest BCUT2D eigenvalue weighted by Crippen LogP contribution is 2.19. The fourth-order valence-corrected chi connectivity index (χ4v) is 4.01. The molecule has 0 bridgehead atoms. The van der Waals surface area contributed by atoms with Crippen LogP contribution in [0, 0.1) is 0 Å². The van der Waals surface area contributed by atoms with E-state index < -0.39 is 0 Å². The van der Waals surface area contributed by atoms with Crippen LogP contribution < -0.4 is 0 Å². The maximum Gasteiger partial charge on any atom is 0.320 e. The van der Waals surface area contributed by atoms with Crippen LogP contribution in [0.5, 0.6) is 0 Å². The van der Waals surface area contributed by atoms with E-state index in [4.69, 9.17) is 4.98 Å². The molecule has 0 aliphatic carbocycles. The van der Waals surface area contributed by atoms with Crippen LogP contribution in [0.2, 0.25) is 0 Å². The second-order valence-electron chi connectivity index (χ2n) is 7.08. The molecule has 6 heteroatoms. The fraction of sp³-hybridized carbons (Fsp3) is 0.765. The summed E-state index contributed by atoms with van der Waals surface area (Å²) in [6.07, 6.45) is 8.48. The number of carbonyl (C=O) groups is 1. The van der Waals surface area contributed by atoms with Crippen LogP contribution in [0.15, 0.2) is 6.20 Å². The zero-order valence-corrected chi connectivity index (χ0v) is 13.9. The van der Waals surface area contributed by atoms with Crippen molar-refractivity contribution in [2.45, 2.75) is 51.7 Å². The van der Waals surface area contributed by atoms with Crippen molar-refractivity contribution in [3.63, 3.8) is 0 Å². The summed E-state index contributed by atoms with van der Waals surface area (Å²) in [7, 11) is 0. The molecule has 23 heavy (non-hydrogen) atoms. The highest BCUT2D eigenvalue weighted by atomic mass is 16.2. The molecule has 3 aliphatic heterocycles. The number of rotatable bonds is 2. The molecular formula is C17H27N5O. The fourth-order valence-electron chi connectivity index (χ4n) is 4.01. The van der Waals surface area contributed by atoms with Crippen molar-refractivity contribution < 1.29 is 4.79 Å². The third kappa shape index (κ3) is 3.22. The average molecular weight is 317 g/mol. The van der Waals surface area contributed by atoms with Crippen molar-refractivity contribution in [2.24, 2.45) is 0 Å². The predicted molar refractivity (Wildman–Crippen MR) is 88.0 cm³/mol. The maximum absolute atomic E-state index is 12.5. The number of aromatic nitrogens is 2. The number of piperidine rings is 1. The standard InChI is InChI=1S/C17H27N5O/c23-17(20-8-4-5-9-20)22-11-10-21-13-15(18-16(21)14-22)12-19-6-2-1-3-7-19/h13H,1-12,14H2. The molecule has 0 saturated carbocycles. The van der Waals surface area contributed by atoms with Gasteiger partial charge in [0, 0.05) is 38.9 Å². The van der Waals surface area contributed by atoms with Gasteiger partial charge >= 0.3 is 6.03 Å². The molecule has 3 aliphatic rings. The summed E-state index contributed by atoms with van der Waals surface area (Å²) in [6, 6.07) is 0.203. The normalized spacial score (nSPS) is 22.4. The van der Waals surface area contributed by atoms with Gasteiger partial charge in [0.25, 0.3) is 0 Å². The van der Waals surface area contributed by atoms with E-state index >= 15 is 0 Å². The van der Waals surface area contributed by atoms with Gasteiger partial charge in [-0.2, -0.15) is 0 Å². The SMILES string of the molecule is O=C(N1CCCC1)N1CCn2cc(CN3CCCCC3)nc2C1. The van der Waals surface area contributed by atoms with Gasteiger partial charge in [-0.1, -0.05) is 6.42 Å². The van der Waals surface area contributed by atoms with Crippen molar-refractivity contribution in [1.29, 1.82) is 0 Å².